The second kappa shape index (κ2) is 6.14. The van der Waals surface area contributed by atoms with Gasteiger partial charge in [-0.1, -0.05) is 29.3 Å². The smallest absolute Gasteiger partial charge is 0.257 e. The molecule has 0 atom stereocenters. The average Bonchev–Trinajstić information content (AvgIpc) is 2.54. The number of carbonyl (C=O) groups excluding carboxylic acids is 1. The summed E-state index contributed by atoms with van der Waals surface area (Å²) in [5.74, 6) is -1.21. The van der Waals surface area contributed by atoms with Crippen molar-refractivity contribution in [3.05, 3.63) is 69.6 Å². The number of rotatable bonds is 2. The third kappa shape index (κ3) is 3.00. The average molecular weight is 349 g/mol. The molecule has 116 valence electrons. The third-order valence-corrected chi connectivity index (χ3v) is 4.08. The van der Waals surface area contributed by atoms with E-state index in [-0.39, 0.29) is 15.6 Å². The van der Waals surface area contributed by atoms with E-state index in [1.165, 1.54) is 6.07 Å². The Hall–Kier alpha value is -2.17. The van der Waals surface area contributed by atoms with E-state index in [9.17, 15) is 9.18 Å². The zero-order chi connectivity index (χ0) is 16.6. The zero-order valence-corrected chi connectivity index (χ0v) is 13.5. The summed E-state index contributed by atoms with van der Waals surface area (Å²) in [6.45, 7) is 1.94. The Morgan fingerprint density at radius 3 is 2.74 bits per heavy atom. The molecule has 1 heterocycles. The largest absolute Gasteiger partial charge is 0.321 e. The zero-order valence-electron chi connectivity index (χ0n) is 12.0. The van der Waals surface area contributed by atoms with Gasteiger partial charge in [-0.3, -0.25) is 9.78 Å². The number of carbonyl (C=O) groups is 1. The first-order valence-electron chi connectivity index (χ1n) is 6.77. The van der Waals surface area contributed by atoms with E-state index in [1.54, 1.807) is 18.3 Å². The van der Waals surface area contributed by atoms with Crippen LogP contribution in [0.4, 0.5) is 10.1 Å². The fourth-order valence-electron chi connectivity index (χ4n) is 2.31. The SMILES string of the molecule is Cc1ccc(NC(=O)c2cc(F)c(Cl)cc2Cl)c2cccnc12. The summed E-state index contributed by atoms with van der Waals surface area (Å²) in [4.78, 5) is 16.7. The highest BCUT2D eigenvalue weighted by molar-refractivity contribution is 6.37. The van der Waals surface area contributed by atoms with Gasteiger partial charge in [0.1, 0.15) is 5.82 Å². The molecule has 0 bridgehead atoms. The van der Waals surface area contributed by atoms with Crippen LogP contribution < -0.4 is 5.32 Å². The van der Waals surface area contributed by atoms with Gasteiger partial charge in [0.15, 0.2) is 0 Å². The lowest BCUT2D eigenvalue weighted by Gasteiger charge is -2.11. The van der Waals surface area contributed by atoms with Crippen LogP contribution in [0.3, 0.4) is 0 Å². The van der Waals surface area contributed by atoms with E-state index in [4.69, 9.17) is 23.2 Å². The van der Waals surface area contributed by atoms with Gasteiger partial charge >= 0.3 is 0 Å². The number of halogens is 3. The van der Waals surface area contributed by atoms with Crippen LogP contribution in [0.1, 0.15) is 15.9 Å². The van der Waals surface area contributed by atoms with Crippen molar-refractivity contribution in [2.45, 2.75) is 6.92 Å². The fourth-order valence-corrected chi connectivity index (χ4v) is 2.78. The minimum Gasteiger partial charge on any atom is -0.321 e. The number of anilines is 1. The topological polar surface area (TPSA) is 42.0 Å². The van der Waals surface area contributed by atoms with Gasteiger partial charge in [-0.15, -0.1) is 0 Å². The number of nitrogens with one attached hydrogen (secondary N) is 1. The molecular formula is C17H11Cl2FN2O. The summed E-state index contributed by atoms with van der Waals surface area (Å²) < 4.78 is 13.6. The number of benzene rings is 2. The minimum absolute atomic E-state index is 0.0196. The summed E-state index contributed by atoms with van der Waals surface area (Å²) in [7, 11) is 0. The van der Waals surface area contributed by atoms with Crippen LogP contribution in [0.25, 0.3) is 10.9 Å². The monoisotopic (exact) mass is 348 g/mol. The molecule has 23 heavy (non-hydrogen) atoms. The molecule has 0 aliphatic rings. The van der Waals surface area contributed by atoms with Gasteiger partial charge in [-0.25, -0.2) is 4.39 Å². The normalized spacial score (nSPS) is 10.8. The van der Waals surface area contributed by atoms with Crippen LogP contribution in [-0.2, 0) is 0 Å². The number of aryl methyl sites for hydroxylation is 1. The van der Waals surface area contributed by atoms with Crippen molar-refractivity contribution in [3.8, 4) is 0 Å². The number of nitrogens with zero attached hydrogens (tertiary/aromatic N) is 1. The van der Waals surface area contributed by atoms with Gasteiger partial charge in [-0.05, 0) is 42.8 Å². The van der Waals surface area contributed by atoms with Crippen molar-refractivity contribution in [1.29, 1.82) is 0 Å². The molecule has 2 aromatic carbocycles. The van der Waals surface area contributed by atoms with E-state index < -0.39 is 11.7 Å². The molecule has 0 saturated carbocycles. The van der Waals surface area contributed by atoms with Gasteiger partial charge in [0.25, 0.3) is 5.91 Å². The molecule has 0 radical (unpaired) electrons. The summed E-state index contributed by atoms with van der Waals surface area (Å²) in [6, 6.07) is 9.50. The van der Waals surface area contributed by atoms with Gasteiger partial charge in [0.2, 0.25) is 0 Å². The first-order valence-corrected chi connectivity index (χ1v) is 7.53. The van der Waals surface area contributed by atoms with Gasteiger partial charge < -0.3 is 5.32 Å². The van der Waals surface area contributed by atoms with Crippen LogP contribution >= 0.6 is 23.2 Å². The Labute approximate surface area is 142 Å². The molecule has 0 saturated heterocycles. The highest BCUT2D eigenvalue weighted by Gasteiger charge is 2.15. The van der Waals surface area contributed by atoms with Crippen LogP contribution in [-0.4, -0.2) is 10.9 Å². The number of hydrogen-bond acceptors (Lipinski definition) is 2. The van der Waals surface area contributed by atoms with Crippen molar-refractivity contribution < 1.29 is 9.18 Å². The Morgan fingerprint density at radius 1 is 1.17 bits per heavy atom. The van der Waals surface area contributed by atoms with E-state index in [2.05, 4.69) is 10.3 Å². The first-order chi connectivity index (χ1) is 11.0. The predicted molar refractivity (Wildman–Crippen MR) is 90.9 cm³/mol. The van der Waals surface area contributed by atoms with Crippen molar-refractivity contribution >= 4 is 45.7 Å². The number of pyridine rings is 1. The maximum atomic E-state index is 13.6. The van der Waals surface area contributed by atoms with Gasteiger partial charge in [0.05, 0.1) is 26.8 Å². The van der Waals surface area contributed by atoms with Crippen LogP contribution in [0.15, 0.2) is 42.6 Å². The van der Waals surface area contributed by atoms with Crippen LogP contribution in [0.5, 0.6) is 0 Å². The molecule has 0 aliphatic heterocycles. The molecule has 3 aromatic rings. The summed E-state index contributed by atoms with van der Waals surface area (Å²) >= 11 is 11.6. The molecule has 1 aromatic heterocycles. The van der Waals surface area contributed by atoms with Crippen molar-refractivity contribution in [3.63, 3.8) is 0 Å². The van der Waals surface area contributed by atoms with E-state index in [0.717, 1.165) is 22.5 Å². The number of amides is 1. The van der Waals surface area contributed by atoms with Crippen molar-refractivity contribution in [2.75, 3.05) is 5.32 Å². The summed E-state index contributed by atoms with van der Waals surface area (Å²) in [6.07, 6.45) is 1.69. The Bertz CT molecular complexity index is 928. The Kier molecular flexibility index (Phi) is 4.20. The highest BCUT2D eigenvalue weighted by Crippen LogP contribution is 2.28. The highest BCUT2D eigenvalue weighted by atomic mass is 35.5. The Morgan fingerprint density at radius 2 is 1.96 bits per heavy atom. The molecule has 6 heteroatoms. The molecule has 0 aliphatic carbocycles. The van der Waals surface area contributed by atoms with E-state index in [0.29, 0.717) is 5.69 Å². The van der Waals surface area contributed by atoms with Crippen molar-refractivity contribution in [1.82, 2.24) is 4.98 Å². The Balaban J connectivity index is 2.01. The quantitative estimate of drug-likeness (QED) is 0.643. The molecule has 1 N–H and O–H groups in total. The van der Waals surface area contributed by atoms with Crippen molar-refractivity contribution in [2.24, 2.45) is 0 Å². The van der Waals surface area contributed by atoms with Crippen LogP contribution in [0.2, 0.25) is 10.0 Å². The third-order valence-electron chi connectivity index (χ3n) is 3.47. The van der Waals surface area contributed by atoms with Gasteiger partial charge in [0, 0.05) is 11.6 Å². The van der Waals surface area contributed by atoms with E-state index >= 15 is 0 Å². The lowest BCUT2D eigenvalue weighted by Crippen LogP contribution is -2.13. The molecular weight excluding hydrogens is 338 g/mol. The second-order valence-electron chi connectivity index (χ2n) is 5.03. The lowest BCUT2D eigenvalue weighted by molar-refractivity contribution is 0.102. The van der Waals surface area contributed by atoms with E-state index in [1.807, 2.05) is 19.1 Å². The molecule has 1 amide bonds. The lowest BCUT2D eigenvalue weighted by atomic mass is 10.1. The molecule has 0 unspecified atom stereocenters. The minimum atomic E-state index is -0.698. The first kappa shape index (κ1) is 15.7. The summed E-state index contributed by atoms with van der Waals surface area (Å²) in [5.41, 5.74) is 2.38. The number of fused-ring (bicyclic) bond motifs is 1. The molecule has 3 rings (SSSR count). The molecule has 0 fully saturated rings. The predicted octanol–water partition coefficient (Wildman–Crippen LogP) is 5.24. The van der Waals surface area contributed by atoms with Crippen LogP contribution in [0, 0.1) is 12.7 Å². The maximum absolute atomic E-state index is 13.6. The standard InChI is InChI=1S/C17H11Cl2FN2O/c1-9-4-5-15(10-3-2-6-21-16(9)10)22-17(23)11-7-14(20)13(19)8-12(11)18/h2-8H,1H3,(H,22,23). The maximum Gasteiger partial charge on any atom is 0.257 e. The number of aromatic nitrogens is 1. The molecule has 0 spiro atoms. The summed E-state index contributed by atoms with van der Waals surface area (Å²) in [5, 5.41) is 3.50. The fraction of sp³-hybridized carbons (Fsp3) is 0.0588. The van der Waals surface area contributed by atoms with Gasteiger partial charge in [-0.2, -0.15) is 0 Å². The molecule has 3 nitrogen and oxygen atoms in total. The second-order valence-corrected chi connectivity index (χ2v) is 5.84. The number of hydrogen-bond donors (Lipinski definition) is 1.